The van der Waals surface area contributed by atoms with Gasteiger partial charge in [-0.2, -0.15) is 5.26 Å². The van der Waals surface area contributed by atoms with E-state index in [0.717, 1.165) is 27.6 Å². The van der Waals surface area contributed by atoms with Crippen LogP contribution in [0.3, 0.4) is 0 Å². The van der Waals surface area contributed by atoms with Crippen molar-refractivity contribution in [2.24, 2.45) is 0 Å². The molecule has 0 atom stereocenters. The fourth-order valence-electron chi connectivity index (χ4n) is 3.64. The zero-order chi connectivity index (χ0) is 19.3. The summed E-state index contributed by atoms with van der Waals surface area (Å²) < 4.78 is 0. The first-order chi connectivity index (χ1) is 13.8. The first-order valence-electron chi connectivity index (χ1n) is 9.15. The molecule has 4 aromatic rings. The summed E-state index contributed by atoms with van der Waals surface area (Å²) in [4.78, 5) is 0. The lowest BCUT2D eigenvalue weighted by molar-refractivity contribution is 1.41. The molecule has 0 amide bonds. The van der Waals surface area contributed by atoms with E-state index in [9.17, 15) is 5.26 Å². The minimum atomic E-state index is 0.685. The fraction of sp³-hybridized carbons (Fsp3) is 0.0385. The number of nitriles is 1. The zero-order valence-electron chi connectivity index (χ0n) is 15.3. The summed E-state index contributed by atoms with van der Waals surface area (Å²) >= 11 is 3.67. The van der Waals surface area contributed by atoms with Crippen molar-refractivity contribution in [1.29, 1.82) is 5.26 Å². The topological polar surface area (TPSA) is 23.8 Å². The highest BCUT2D eigenvalue weighted by atomic mass is 79.9. The van der Waals surface area contributed by atoms with E-state index in [1.165, 1.54) is 16.7 Å². The molecule has 28 heavy (non-hydrogen) atoms. The molecule has 0 heterocycles. The van der Waals surface area contributed by atoms with Gasteiger partial charge in [0.05, 0.1) is 11.6 Å². The Morgan fingerprint density at radius 3 is 1.79 bits per heavy atom. The standard InChI is InChI=1S/C26H18BrN/c27-17-21-15-16-24(23-14-8-7-13-22(23)18-28)26(20-11-5-2-6-12-20)25(21)19-9-3-1-4-10-19/h1-16H,17H2. The lowest BCUT2D eigenvalue weighted by Crippen LogP contribution is -1.96. The minimum absolute atomic E-state index is 0.685. The average molecular weight is 424 g/mol. The number of nitrogens with zero attached hydrogens (tertiary/aromatic N) is 1. The van der Waals surface area contributed by atoms with E-state index < -0.39 is 0 Å². The maximum absolute atomic E-state index is 9.67. The summed E-state index contributed by atoms with van der Waals surface area (Å²) in [7, 11) is 0. The molecule has 0 aliphatic rings. The van der Waals surface area contributed by atoms with E-state index in [4.69, 9.17) is 0 Å². The molecule has 0 N–H and O–H groups in total. The minimum Gasteiger partial charge on any atom is -0.192 e. The molecule has 0 aliphatic heterocycles. The van der Waals surface area contributed by atoms with Crippen LogP contribution in [0.4, 0.5) is 0 Å². The summed E-state index contributed by atoms with van der Waals surface area (Å²) in [5.74, 6) is 0. The van der Waals surface area contributed by atoms with Gasteiger partial charge in [-0.15, -0.1) is 0 Å². The Bertz CT molecular complexity index is 1140. The number of halogens is 1. The van der Waals surface area contributed by atoms with Crippen LogP contribution in [0.1, 0.15) is 11.1 Å². The van der Waals surface area contributed by atoms with Crippen LogP contribution in [0.5, 0.6) is 0 Å². The second-order valence-corrected chi connectivity index (χ2v) is 7.11. The second-order valence-electron chi connectivity index (χ2n) is 6.55. The van der Waals surface area contributed by atoms with Gasteiger partial charge in [-0.3, -0.25) is 0 Å². The van der Waals surface area contributed by atoms with Crippen LogP contribution in [0, 0.1) is 11.3 Å². The highest BCUT2D eigenvalue weighted by Gasteiger charge is 2.18. The van der Waals surface area contributed by atoms with Gasteiger partial charge < -0.3 is 0 Å². The van der Waals surface area contributed by atoms with Gasteiger partial charge in [0.25, 0.3) is 0 Å². The number of alkyl halides is 1. The molecular formula is C26H18BrN. The summed E-state index contributed by atoms with van der Waals surface area (Å²) in [6, 6.07) is 35.4. The van der Waals surface area contributed by atoms with E-state index in [-0.39, 0.29) is 0 Å². The van der Waals surface area contributed by atoms with Gasteiger partial charge >= 0.3 is 0 Å². The van der Waals surface area contributed by atoms with Gasteiger partial charge in [-0.05, 0) is 39.4 Å². The van der Waals surface area contributed by atoms with Gasteiger partial charge in [0.2, 0.25) is 0 Å². The van der Waals surface area contributed by atoms with Crippen molar-refractivity contribution in [3.63, 3.8) is 0 Å². The Kier molecular flexibility index (Phi) is 5.37. The van der Waals surface area contributed by atoms with Gasteiger partial charge in [0.1, 0.15) is 0 Å². The molecule has 134 valence electrons. The molecule has 0 saturated heterocycles. The van der Waals surface area contributed by atoms with Crippen LogP contribution in [0.2, 0.25) is 0 Å². The first kappa shape index (κ1) is 18.2. The van der Waals surface area contributed by atoms with Crippen molar-refractivity contribution in [3.8, 4) is 39.4 Å². The van der Waals surface area contributed by atoms with Crippen molar-refractivity contribution in [1.82, 2.24) is 0 Å². The van der Waals surface area contributed by atoms with E-state index in [2.05, 4.69) is 82.7 Å². The predicted octanol–water partition coefficient (Wildman–Crippen LogP) is 7.45. The fourth-order valence-corrected chi connectivity index (χ4v) is 4.10. The van der Waals surface area contributed by atoms with E-state index in [1.807, 2.05) is 36.4 Å². The molecule has 0 spiro atoms. The van der Waals surface area contributed by atoms with Crippen molar-refractivity contribution in [2.75, 3.05) is 0 Å². The number of hydrogen-bond donors (Lipinski definition) is 0. The molecule has 2 heteroatoms. The van der Waals surface area contributed by atoms with Crippen LogP contribution in [0.25, 0.3) is 33.4 Å². The lowest BCUT2D eigenvalue weighted by Gasteiger charge is -2.20. The molecule has 0 saturated carbocycles. The maximum Gasteiger partial charge on any atom is 0.0998 e. The van der Waals surface area contributed by atoms with Crippen LogP contribution < -0.4 is 0 Å². The molecule has 0 bridgehead atoms. The molecule has 0 aromatic heterocycles. The van der Waals surface area contributed by atoms with E-state index in [0.29, 0.717) is 5.56 Å². The van der Waals surface area contributed by atoms with E-state index >= 15 is 0 Å². The summed E-state index contributed by atoms with van der Waals surface area (Å²) in [6.45, 7) is 0. The number of hydrogen-bond acceptors (Lipinski definition) is 1. The Balaban J connectivity index is 2.13. The Labute approximate surface area is 174 Å². The third kappa shape index (κ3) is 3.38. The van der Waals surface area contributed by atoms with Crippen LogP contribution in [0.15, 0.2) is 97.1 Å². The normalized spacial score (nSPS) is 10.4. The van der Waals surface area contributed by atoms with Crippen LogP contribution >= 0.6 is 15.9 Å². The maximum atomic E-state index is 9.67. The molecule has 0 fully saturated rings. The highest BCUT2D eigenvalue weighted by molar-refractivity contribution is 9.08. The van der Waals surface area contributed by atoms with Gasteiger partial charge in [-0.1, -0.05) is 107 Å². The monoisotopic (exact) mass is 423 g/mol. The van der Waals surface area contributed by atoms with Crippen molar-refractivity contribution < 1.29 is 0 Å². The zero-order valence-corrected chi connectivity index (χ0v) is 16.9. The molecule has 0 unspecified atom stereocenters. The molecule has 1 nitrogen and oxygen atoms in total. The molecule has 0 aliphatic carbocycles. The average Bonchev–Trinajstić information content (AvgIpc) is 2.79. The SMILES string of the molecule is N#Cc1ccccc1-c1ccc(CBr)c(-c2ccccc2)c1-c1ccccc1. The summed E-state index contributed by atoms with van der Waals surface area (Å²) in [5, 5.41) is 10.4. The molecule has 0 radical (unpaired) electrons. The van der Waals surface area contributed by atoms with E-state index in [1.54, 1.807) is 0 Å². The van der Waals surface area contributed by atoms with Crippen molar-refractivity contribution in [2.45, 2.75) is 5.33 Å². The predicted molar refractivity (Wildman–Crippen MR) is 120 cm³/mol. The molecular weight excluding hydrogens is 406 g/mol. The number of rotatable bonds is 4. The van der Waals surface area contributed by atoms with Gasteiger partial charge in [0, 0.05) is 10.9 Å². The lowest BCUT2D eigenvalue weighted by atomic mass is 9.84. The van der Waals surface area contributed by atoms with Crippen molar-refractivity contribution in [3.05, 3.63) is 108 Å². The third-order valence-corrected chi connectivity index (χ3v) is 5.50. The number of benzene rings is 4. The quantitative estimate of drug-likeness (QED) is 0.312. The third-order valence-electron chi connectivity index (χ3n) is 4.90. The second kappa shape index (κ2) is 8.25. The van der Waals surface area contributed by atoms with Crippen LogP contribution in [-0.4, -0.2) is 0 Å². The van der Waals surface area contributed by atoms with Crippen LogP contribution in [-0.2, 0) is 5.33 Å². The van der Waals surface area contributed by atoms with Crippen molar-refractivity contribution >= 4 is 15.9 Å². The Morgan fingerprint density at radius 1 is 0.607 bits per heavy atom. The largest absolute Gasteiger partial charge is 0.192 e. The highest BCUT2D eigenvalue weighted by Crippen LogP contribution is 2.43. The first-order valence-corrected chi connectivity index (χ1v) is 10.3. The molecule has 4 aromatic carbocycles. The smallest absolute Gasteiger partial charge is 0.0998 e. The Hall–Kier alpha value is -3.15. The summed E-state index contributed by atoms with van der Waals surface area (Å²) in [5.41, 5.74) is 8.63. The molecule has 4 rings (SSSR count). The Morgan fingerprint density at radius 2 is 1.18 bits per heavy atom. The summed E-state index contributed by atoms with van der Waals surface area (Å²) in [6.07, 6.45) is 0. The van der Waals surface area contributed by atoms with Gasteiger partial charge in [-0.25, -0.2) is 0 Å². The van der Waals surface area contributed by atoms with Gasteiger partial charge in [0.15, 0.2) is 0 Å².